The highest BCUT2D eigenvalue weighted by atomic mass is 35.5. The lowest BCUT2D eigenvalue weighted by molar-refractivity contribution is 0.0470. The van der Waals surface area contributed by atoms with Crippen molar-refractivity contribution in [1.82, 2.24) is 4.90 Å². The molecule has 0 atom stereocenters. The van der Waals surface area contributed by atoms with Crippen molar-refractivity contribution in [3.05, 3.63) is 65.7 Å². The lowest BCUT2D eigenvalue weighted by Crippen LogP contribution is -2.24. The van der Waals surface area contributed by atoms with Crippen LogP contribution in [0.15, 0.2) is 54.6 Å². The van der Waals surface area contributed by atoms with E-state index in [2.05, 4.69) is 17.0 Å². The van der Waals surface area contributed by atoms with Crippen LogP contribution in [0.3, 0.4) is 0 Å². The maximum absolute atomic E-state index is 12.0. The summed E-state index contributed by atoms with van der Waals surface area (Å²) in [5, 5.41) is 0. The van der Waals surface area contributed by atoms with Gasteiger partial charge in [0.1, 0.15) is 12.4 Å². The van der Waals surface area contributed by atoms with Crippen molar-refractivity contribution in [3.63, 3.8) is 0 Å². The van der Waals surface area contributed by atoms with Crippen LogP contribution < -0.4 is 4.74 Å². The Balaban J connectivity index is 0.00000264. The van der Waals surface area contributed by atoms with Crippen LogP contribution in [-0.2, 0) is 11.3 Å². The normalized spacial score (nSPS) is 10.0. The number of ether oxygens (including phenoxy) is 2. The van der Waals surface area contributed by atoms with Gasteiger partial charge in [0, 0.05) is 13.1 Å². The largest absolute Gasteiger partial charge is 0.497 e. The van der Waals surface area contributed by atoms with Gasteiger partial charge < -0.3 is 9.47 Å². The molecule has 0 radical (unpaired) electrons. The topological polar surface area (TPSA) is 38.8 Å². The smallest absolute Gasteiger partial charge is 0.338 e. The van der Waals surface area contributed by atoms with E-state index in [1.807, 2.05) is 25.2 Å². The Morgan fingerprint density at radius 1 is 1.09 bits per heavy atom. The molecule has 0 aliphatic rings. The van der Waals surface area contributed by atoms with Gasteiger partial charge in [-0.2, -0.15) is 0 Å². The molecule has 0 saturated heterocycles. The Morgan fingerprint density at radius 3 is 2.52 bits per heavy atom. The molecule has 124 valence electrons. The lowest BCUT2D eigenvalue weighted by atomic mass is 10.2. The summed E-state index contributed by atoms with van der Waals surface area (Å²) in [5.74, 6) is 0.322. The van der Waals surface area contributed by atoms with Crippen molar-refractivity contribution in [2.45, 2.75) is 6.54 Å². The second-order valence-electron chi connectivity index (χ2n) is 5.09. The van der Waals surface area contributed by atoms with Crippen LogP contribution in [0.1, 0.15) is 15.9 Å². The predicted molar refractivity (Wildman–Crippen MR) is 93.3 cm³/mol. The molecular formula is C18H22ClNO3. The molecule has 2 aromatic rings. The molecule has 2 aromatic carbocycles. The van der Waals surface area contributed by atoms with Crippen LogP contribution in [-0.4, -0.2) is 38.2 Å². The van der Waals surface area contributed by atoms with Crippen LogP contribution >= 0.6 is 12.4 Å². The number of benzene rings is 2. The minimum Gasteiger partial charge on any atom is -0.497 e. The third kappa shape index (κ3) is 6.30. The molecule has 0 aromatic heterocycles. The van der Waals surface area contributed by atoms with E-state index >= 15 is 0 Å². The number of methoxy groups -OCH3 is 1. The van der Waals surface area contributed by atoms with E-state index in [4.69, 9.17) is 9.47 Å². The van der Waals surface area contributed by atoms with E-state index in [0.717, 1.165) is 6.54 Å². The Hall–Kier alpha value is -2.04. The molecule has 0 unspecified atom stereocenters. The Morgan fingerprint density at radius 2 is 1.83 bits per heavy atom. The SMILES string of the molecule is COc1cccc(C(=O)OCCN(C)Cc2ccccc2)c1.Cl. The summed E-state index contributed by atoms with van der Waals surface area (Å²) in [5.41, 5.74) is 1.74. The average Bonchev–Trinajstić information content (AvgIpc) is 2.55. The molecule has 0 aliphatic heterocycles. The first-order valence-corrected chi connectivity index (χ1v) is 7.22. The van der Waals surface area contributed by atoms with Crippen molar-refractivity contribution in [2.24, 2.45) is 0 Å². The lowest BCUT2D eigenvalue weighted by Gasteiger charge is -2.16. The van der Waals surface area contributed by atoms with E-state index in [1.165, 1.54) is 5.56 Å². The summed E-state index contributed by atoms with van der Waals surface area (Å²) in [4.78, 5) is 14.1. The number of carbonyl (C=O) groups is 1. The number of carbonyl (C=O) groups excluding carboxylic acids is 1. The highest BCUT2D eigenvalue weighted by Crippen LogP contribution is 2.13. The number of rotatable bonds is 7. The molecule has 0 spiro atoms. The van der Waals surface area contributed by atoms with Gasteiger partial charge in [0.15, 0.2) is 0 Å². The van der Waals surface area contributed by atoms with E-state index in [0.29, 0.717) is 24.5 Å². The van der Waals surface area contributed by atoms with Gasteiger partial charge in [0.2, 0.25) is 0 Å². The van der Waals surface area contributed by atoms with Gasteiger partial charge in [0.05, 0.1) is 12.7 Å². The molecule has 0 bridgehead atoms. The van der Waals surface area contributed by atoms with Gasteiger partial charge in [0.25, 0.3) is 0 Å². The number of nitrogens with zero attached hydrogens (tertiary/aromatic N) is 1. The van der Waals surface area contributed by atoms with Gasteiger partial charge in [-0.05, 0) is 30.8 Å². The summed E-state index contributed by atoms with van der Waals surface area (Å²) in [6.07, 6.45) is 0. The first kappa shape index (κ1) is 19.0. The van der Waals surface area contributed by atoms with Crippen LogP contribution in [0.25, 0.3) is 0 Å². The van der Waals surface area contributed by atoms with Gasteiger partial charge in [-0.15, -0.1) is 12.4 Å². The monoisotopic (exact) mass is 335 g/mol. The van der Waals surface area contributed by atoms with Gasteiger partial charge in [-0.3, -0.25) is 4.90 Å². The maximum Gasteiger partial charge on any atom is 0.338 e. The number of halogens is 1. The molecule has 0 heterocycles. The van der Waals surface area contributed by atoms with E-state index < -0.39 is 0 Å². The third-order valence-electron chi connectivity index (χ3n) is 3.31. The molecule has 0 fully saturated rings. The van der Waals surface area contributed by atoms with Crippen molar-refractivity contribution < 1.29 is 14.3 Å². The number of esters is 1. The molecule has 2 rings (SSSR count). The number of hydrogen-bond acceptors (Lipinski definition) is 4. The fourth-order valence-corrected chi connectivity index (χ4v) is 2.10. The second kappa shape index (κ2) is 9.87. The zero-order chi connectivity index (χ0) is 15.8. The Bertz CT molecular complexity index is 604. The Labute approximate surface area is 143 Å². The molecule has 5 heteroatoms. The van der Waals surface area contributed by atoms with Crippen molar-refractivity contribution >= 4 is 18.4 Å². The van der Waals surface area contributed by atoms with E-state index in [-0.39, 0.29) is 18.4 Å². The van der Waals surface area contributed by atoms with Crippen LogP contribution in [0.2, 0.25) is 0 Å². The van der Waals surface area contributed by atoms with Crippen molar-refractivity contribution in [3.8, 4) is 5.75 Å². The molecule has 0 saturated carbocycles. The molecule has 4 nitrogen and oxygen atoms in total. The van der Waals surface area contributed by atoms with Crippen LogP contribution in [0.5, 0.6) is 5.75 Å². The van der Waals surface area contributed by atoms with Crippen molar-refractivity contribution in [1.29, 1.82) is 0 Å². The van der Waals surface area contributed by atoms with Gasteiger partial charge >= 0.3 is 5.97 Å². The fraction of sp³-hybridized carbons (Fsp3) is 0.278. The third-order valence-corrected chi connectivity index (χ3v) is 3.31. The fourth-order valence-electron chi connectivity index (χ4n) is 2.10. The summed E-state index contributed by atoms with van der Waals surface area (Å²) < 4.78 is 10.4. The second-order valence-corrected chi connectivity index (χ2v) is 5.09. The van der Waals surface area contributed by atoms with Crippen LogP contribution in [0, 0.1) is 0 Å². The minimum absolute atomic E-state index is 0. The summed E-state index contributed by atoms with van der Waals surface area (Å²) in [6.45, 7) is 1.88. The summed E-state index contributed by atoms with van der Waals surface area (Å²) >= 11 is 0. The van der Waals surface area contributed by atoms with E-state index in [1.54, 1.807) is 31.4 Å². The summed E-state index contributed by atoms with van der Waals surface area (Å²) in [6, 6.07) is 17.2. The van der Waals surface area contributed by atoms with Gasteiger partial charge in [-0.1, -0.05) is 36.4 Å². The summed E-state index contributed by atoms with van der Waals surface area (Å²) in [7, 11) is 3.58. The predicted octanol–water partition coefficient (Wildman–Crippen LogP) is 3.41. The maximum atomic E-state index is 12.0. The van der Waals surface area contributed by atoms with Gasteiger partial charge in [-0.25, -0.2) is 4.79 Å². The minimum atomic E-state index is -0.327. The standard InChI is InChI=1S/C18H21NO3.ClH/c1-19(14-15-7-4-3-5-8-15)11-12-22-18(20)16-9-6-10-17(13-16)21-2;/h3-10,13H,11-12,14H2,1-2H3;1H. The first-order valence-electron chi connectivity index (χ1n) is 7.22. The zero-order valence-corrected chi connectivity index (χ0v) is 14.2. The quantitative estimate of drug-likeness (QED) is 0.727. The molecule has 0 amide bonds. The van der Waals surface area contributed by atoms with E-state index in [9.17, 15) is 4.79 Å². The van der Waals surface area contributed by atoms with Crippen molar-refractivity contribution in [2.75, 3.05) is 27.3 Å². The zero-order valence-electron chi connectivity index (χ0n) is 13.4. The molecule has 0 aliphatic carbocycles. The molecular weight excluding hydrogens is 314 g/mol. The number of likely N-dealkylation sites (N-methyl/N-ethyl adjacent to an activating group) is 1. The highest BCUT2D eigenvalue weighted by molar-refractivity contribution is 5.89. The van der Waals surface area contributed by atoms with Crippen LogP contribution in [0.4, 0.5) is 0 Å². The Kier molecular flexibility index (Phi) is 8.16. The molecule has 0 N–H and O–H groups in total. The first-order chi connectivity index (χ1) is 10.7. The molecule has 23 heavy (non-hydrogen) atoms. The highest BCUT2D eigenvalue weighted by Gasteiger charge is 2.08. The number of hydrogen-bond donors (Lipinski definition) is 0. The average molecular weight is 336 g/mol.